The molecule has 0 saturated heterocycles. The van der Waals surface area contributed by atoms with Gasteiger partial charge in [0.15, 0.2) is 0 Å². The summed E-state index contributed by atoms with van der Waals surface area (Å²) in [7, 11) is 0. The number of carbonyl (C=O) groups excluding carboxylic acids is 1. The van der Waals surface area contributed by atoms with Crippen LogP contribution in [-0.4, -0.2) is 11.9 Å². The van der Waals surface area contributed by atoms with Crippen molar-refractivity contribution < 1.29 is 4.79 Å². The minimum atomic E-state index is -0.428. The fraction of sp³-hybridized carbons (Fsp3) is 0.176. The molecule has 3 rings (SSSR count). The SMILES string of the molecule is N#CC1CCc2ccccc2N1C(=O)c1ccc(Cl)cc1. The summed E-state index contributed by atoms with van der Waals surface area (Å²) in [5, 5.41) is 9.95. The summed E-state index contributed by atoms with van der Waals surface area (Å²) in [4.78, 5) is 14.4. The first kappa shape index (κ1) is 13.7. The van der Waals surface area contributed by atoms with Crippen molar-refractivity contribution in [3.8, 4) is 6.07 Å². The maximum absolute atomic E-state index is 12.8. The molecule has 1 unspecified atom stereocenters. The maximum atomic E-state index is 12.8. The van der Waals surface area contributed by atoms with E-state index in [4.69, 9.17) is 11.6 Å². The van der Waals surface area contributed by atoms with Crippen molar-refractivity contribution in [1.82, 2.24) is 0 Å². The maximum Gasteiger partial charge on any atom is 0.259 e. The van der Waals surface area contributed by atoms with Gasteiger partial charge in [-0.15, -0.1) is 0 Å². The molecule has 4 heteroatoms. The van der Waals surface area contributed by atoms with Crippen molar-refractivity contribution >= 4 is 23.2 Å². The number of carbonyl (C=O) groups is 1. The van der Waals surface area contributed by atoms with Gasteiger partial charge in [-0.2, -0.15) is 5.26 Å². The summed E-state index contributed by atoms with van der Waals surface area (Å²) in [6.07, 6.45) is 1.48. The zero-order valence-electron chi connectivity index (χ0n) is 11.3. The van der Waals surface area contributed by atoms with Gasteiger partial charge in [0.05, 0.1) is 6.07 Å². The molecule has 0 aromatic heterocycles. The molecular formula is C17H13ClN2O. The van der Waals surface area contributed by atoms with Crippen LogP contribution in [0.5, 0.6) is 0 Å². The van der Waals surface area contributed by atoms with Crippen LogP contribution in [0.4, 0.5) is 5.69 Å². The number of rotatable bonds is 1. The molecule has 0 radical (unpaired) electrons. The monoisotopic (exact) mass is 296 g/mol. The van der Waals surface area contributed by atoms with Gasteiger partial charge in [0.2, 0.25) is 0 Å². The van der Waals surface area contributed by atoms with E-state index in [2.05, 4.69) is 6.07 Å². The lowest BCUT2D eigenvalue weighted by atomic mass is 9.95. The van der Waals surface area contributed by atoms with Crippen LogP contribution < -0.4 is 4.90 Å². The Morgan fingerprint density at radius 3 is 2.62 bits per heavy atom. The molecule has 0 saturated carbocycles. The average molecular weight is 297 g/mol. The molecular weight excluding hydrogens is 284 g/mol. The minimum absolute atomic E-state index is 0.162. The van der Waals surface area contributed by atoms with Crippen LogP contribution in [0.2, 0.25) is 5.02 Å². The number of anilines is 1. The minimum Gasteiger partial charge on any atom is -0.292 e. The predicted molar refractivity (Wildman–Crippen MR) is 82.4 cm³/mol. The standard InChI is InChI=1S/C17H13ClN2O/c18-14-8-5-13(6-9-14)17(21)20-15(11-19)10-7-12-3-1-2-4-16(12)20/h1-6,8-9,15H,7,10H2. The molecule has 2 aromatic carbocycles. The first-order chi connectivity index (χ1) is 10.2. The molecule has 2 aromatic rings. The molecule has 1 aliphatic rings. The molecule has 0 aliphatic carbocycles. The second kappa shape index (κ2) is 5.59. The highest BCUT2D eigenvalue weighted by Crippen LogP contribution is 2.31. The zero-order valence-corrected chi connectivity index (χ0v) is 12.0. The van der Waals surface area contributed by atoms with E-state index >= 15 is 0 Å². The van der Waals surface area contributed by atoms with Crippen molar-refractivity contribution in [2.45, 2.75) is 18.9 Å². The Hall–Kier alpha value is -2.31. The van der Waals surface area contributed by atoms with Crippen molar-refractivity contribution in [3.05, 3.63) is 64.7 Å². The van der Waals surface area contributed by atoms with Gasteiger partial charge in [-0.25, -0.2) is 0 Å². The Bertz CT molecular complexity index is 718. The third-order valence-corrected chi connectivity index (χ3v) is 3.96. The number of halogens is 1. The molecule has 3 nitrogen and oxygen atoms in total. The largest absolute Gasteiger partial charge is 0.292 e. The smallest absolute Gasteiger partial charge is 0.259 e. The molecule has 1 amide bonds. The first-order valence-electron chi connectivity index (χ1n) is 6.77. The van der Waals surface area contributed by atoms with Crippen LogP contribution in [0.15, 0.2) is 48.5 Å². The fourth-order valence-electron chi connectivity index (χ4n) is 2.65. The number of fused-ring (bicyclic) bond motifs is 1. The Kier molecular flexibility index (Phi) is 3.64. The Labute approximate surface area is 128 Å². The highest BCUT2D eigenvalue weighted by Gasteiger charge is 2.31. The number of hydrogen-bond donors (Lipinski definition) is 0. The summed E-state index contributed by atoms with van der Waals surface area (Å²) >= 11 is 5.86. The fourth-order valence-corrected chi connectivity index (χ4v) is 2.78. The van der Waals surface area contributed by atoms with Crippen LogP contribution in [0, 0.1) is 11.3 Å². The lowest BCUT2D eigenvalue weighted by Crippen LogP contribution is -2.43. The number of nitriles is 1. The molecule has 1 heterocycles. The molecule has 0 fully saturated rings. The van der Waals surface area contributed by atoms with E-state index in [-0.39, 0.29) is 5.91 Å². The molecule has 21 heavy (non-hydrogen) atoms. The van der Waals surface area contributed by atoms with Crippen molar-refractivity contribution in [1.29, 1.82) is 5.26 Å². The van der Waals surface area contributed by atoms with Crippen LogP contribution in [0.3, 0.4) is 0 Å². The number of amides is 1. The number of nitrogens with zero attached hydrogens (tertiary/aromatic N) is 2. The topological polar surface area (TPSA) is 44.1 Å². The van der Waals surface area contributed by atoms with E-state index in [9.17, 15) is 10.1 Å². The normalized spacial score (nSPS) is 17.0. The van der Waals surface area contributed by atoms with Crippen molar-refractivity contribution in [3.63, 3.8) is 0 Å². The Balaban J connectivity index is 2.04. The highest BCUT2D eigenvalue weighted by atomic mass is 35.5. The van der Waals surface area contributed by atoms with Crippen LogP contribution in [-0.2, 0) is 6.42 Å². The molecule has 0 spiro atoms. The lowest BCUT2D eigenvalue weighted by molar-refractivity contribution is 0.0979. The Morgan fingerprint density at radius 1 is 1.19 bits per heavy atom. The van der Waals surface area contributed by atoms with Crippen molar-refractivity contribution in [2.75, 3.05) is 4.90 Å². The summed E-state index contributed by atoms with van der Waals surface area (Å²) in [6, 6.07) is 16.3. The van der Waals surface area contributed by atoms with Gasteiger partial charge in [-0.1, -0.05) is 29.8 Å². The molecule has 0 N–H and O–H groups in total. The summed E-state index contributed by atoms with van der Waals surface area (Å²) in [6.45, 7) is 0. The summed E-state index contributed by atoms with van der Waals surface area (Å²) in [5.41, 5.74) is 2.47. The van der Waals surface area contributed by atoms with Crippen LogP contribution in [0.25, 0.3) is 0 Å². The van der Waals surface area contributed by atoms with E-state index in [0.717, 1.165) is 17.7 Å². The molecule has 1 atom stereocenters. The third-order valence-electron chi connectivity index (χ3n) is 3.71. The zero-order chi connectivity index (χ0) is 14.8. The van der Waals surface area contributed by atoms with Crippen LogP contribution >= 0.6 is 11.6 Å². The van der Waals surface area contributed by atoms with Gasteiger partial charge in [0.25, 0.3) is 5.91 Å². The number of hydrogen-bond acceptors (Lipinski definition) is 2. The first-order valence-corrected chi connectivity index (χ1v) is 7.15. The quantitative estimate of drug-likeness (QED) is 0.803. The number of benzene rings is 2. The van der Waals surface area contributed by atoms with Gasteiger partial charge < -0.3 is 0 Å². The lowest BCUT2D eigenvalue weighted by Gasteiger charge is -2.33. The van der Waals surface area contributed by atoms with Gasteiger partial charge in [0.1, 0.15) is 6.04 Å². The second-order valence-electron chi connectivity index (χ2n) is 4.99. The highest BCUT2D eigenvalue weighted by molar-refractivity contribution is 6.30. The second-order valence-corrected chi connectivity index (χ2v) is 5.43. The van der Waals surface area contributed by atoms with E-state index in [1.807, 2.05) is 24.3 Å². The van der Waals surface area contributed by atoms with Gasteiger partial charge in [-0.05, 0) is 48.7 Å². The molecule has 1 aliphatic heterocycles. The van der Waals surface area contributed by atoms with E-state index in [0.29, 0.717) is 17.0 Å². The van der Waals surface area contributed by atoms with Crippen molar-refractivity contribution in [2.24, 2.45) is 0 Å². The summed E-state index contributed by atoms with van der Waals surface area (Å²) < 4.78 is 0. The molecule has 104 valence electrons. The number of aryl methyl sites for hydroxylation is 1. The molecule has 0 bridgehead atoms. The third kappa shape index (κ3) is 2.51. The van der Waals surface area contributed by atoms with Crippen LogP contribution in [0.1, 0.15) is 22.3 Å². The average Bonchev–Trinajstić information content (AvgIpc) is 2.53. The van der Waals surface area contributed by atoms with Gasteiger partial charge in [0, 0.05) is 16.3 Å². The summed E-state index contributed by atoms with van der Waals surface area (Å²) in [5.74, 6) is -0.162. The van der Waals surface area contributed by atoms with E-state index in [1.54, 1.807) is 29.2 Å². The predicted octanol–water partition coefficient (Wildman–Crippen LogP) is 3.83. The number of para-hydroxylation sites is 1. The van der Waals surface area contributed by atoms with Gasteiger partial charge in [-0.3, -0.25) is 9.69 Å². The van der Waals surface area contributed by atoms with Gasteiger partial charge >= 0.3 is 0 Å². The van der Waals surface area contributed by atoms with E-state index in [1.165, 1.54) is 0 Å². The van der Waals surface area contributed by atoms with E-state index < -0.39 is 6.04 Å². The Morgan fingerprint density at radius 2 is 1.90 bits per heavy atom.